The van der Waals surface area contributed by atoms with Crippen molar-refractivity contribution in [1.29, 1.82) is 0 Å². The molecule has 8 aromatic carbocycles. The molecule has 3 aromatic heterocycles. The predicted molar refractivity (Wildman–Crippen MR) is 225 cm³/mol. The molecule has 0 saturated carbocycles. The fourth-order valence-corrected chi connectivity index (χ4v) is 9.88. The summed E-state index contributed by atoms with van der Waals surface area (Å²) in [6.45, 7) is 4.02. The zero-order chi connectivity index (χ0) is 35.2. The van der Waals surface area contributed by atoms with Gasteiger partial charge < -0.3 is 8.83 Å². The van der Waals surface area contributed by atoms with Gasteiger partial charge >= 0.3 is 0 Å². The highest BCUT2D eigenvalue weighted by atomic mass is 32.1. The fraction of sp³-hybridized carbons (Fsp3) is 0.0400. The van der Waals surface area contributed by atoms with Gasteiger partial charge in [-0.15, -0.1) is 11.3 Å². The average Bonchev–Trinajstić information content (AvgIpc) is 3.93. The van der Waals surface area contributed by atoms with Crippen molar-refractivity contribution in [1.82, 2.24) is 0 Å². The van der Waals surface area contributed by atoms with E-state index in [1.54, 1.807) is 0 Å². The van der Waals surface area contributed by atoms with Crippen LogP contribution in [0.2, 0.25) is 0 Å². The van der Waals surface area contributed by atoms with E-state index in [-0.39, 0.29) is 0 Å². The highest BCUT2D eigenvalue weighted by Gasteiger charge is 2.22. The molecule has 250 valence electrons. The highest BCUT2D eigenvalue weighted by molar-refractivity contribution is 7.26. The van der Waals surface area contributed by atoms with E-state index in [0.29, 0.717) is 0 Å². The molecular formula is C50H32O2S. The Balaban J connectivity index is 1.18. The zero-order valence-corrected chi connectivity index (χ0v) is 30.1. The summed E-state index contributed by atoms with van der Waals surface area (Å²) in [5.74, 6) is 3.63. The van der Waals surface area contributed by atoms with Crippen LogP contribution in [0.4, 0.5) is 0 Å². The standard InChI is InChI=1S/C50H32O2S/c1-29-22-25-43(51-29)48-36-16-7-3-12-32(36)46(33-13-4-8-17-37(33)48)31-24-27-45-42(28-31)40-20-11-21-41(50(40)53-45)47-34-14-5-9-18-38(34)49(44-26-23-30(2)52-44)39-19-10-6-15-35(39)47/h3-28H,1-2H3. The third kappa shape index (κ3) is 4.51. The molecule has 0 saturated heterocycles. The first kappa shape index (κ1) is 30.2. The van der Waals surface area contributed by atoms with Gasteiger partial charge in [0, 0.05) is 36.9 Å². The average molecular weight is 697 g/mol. The second-order valence-corrected chi connectivity index (χ2v) is 15.1. The van der Waals surface area contributed by atoms with Crippen molar-refractivity contribution < 1.29 is 8.83 Å². The summed E-state index contributed by atoms with van der Waals surface area (Å²) in [7, 11) is 0. The Morgan fingerprint density at radius 2 is 0.792 bits per heavy atom. The number of fused-ring (bicyclic) bond motifs is 7. The van der Waals surface area contributed by atoms with Gasteiger partial charge in [-0.3, -0.25) is 0 Å². The molecule has 0 atom stereocenters. The molecule has 0 aliphatic heterocycles. The van der Waals surface area contributed by atoms with Gasteiger partial charge in [-0.2, -0.15) is 0 Å². The summed E-state index contributed by atoms with van der Waals surface area (Å²) in [6, 6.07) is 57.3. The highest BCUT2D eigenvalue weighted by Crippen LogP contribution is 2.49. The van der Waals surface area contributed by atoms with Crippen molar-refractivity contribution in [2.24, 2.45) is 0 Å². The fourth-order valence-electron chi connectivity index (χ4n) is 8.68. The van der Waals surface area contributed by atoms with Crippen LogP contribution in [-0.2, 0) is 0 Å². The molecule has 0 unspecified atom stereocenters. The SMILES string of the molecule is Cc1ccc(-c2c3ccccc3c(-c3ccc4sc5c(-c6c7ccccc7c(-c7ccc(C)o7)c7ccccc67)cccc5c4c3)c3ccccc23)o1. The first-order valence-corrected chi connectivity index (χ1v) is 18.9. The molecule has 0 spiro atoms. The molecule has 3 heterocycles. The summed E-state index contributed by atoms with van der Waals surface area (Å²) >= 11 is 1.89. The van der Waals surface area contributed by atoms with Crippen molar-refractivity contribution in [2.45, 2.75) is 13.8 Å². The summed E-state index contributed by atoms with van der Waals surface area (Å²) in [5, 5.41) is 12.2. The molecule has 0 fully saturated rings. The summed E-state index contributed by atoms with van der Waals surface area (Å²) in [4.78, 5) is 0. The Kier molecular flexibility index (Phi) is 6.58. The van der Waals surface area contributed by atoms with Gasteiger partial charge in [0.15, 0.2) is 0 Å². The van der Waals surface area contributed by atoms with Crippen molar-refractivity contribution in [3.05, 3.63) is 169 Å². The van der Waals surface area contributed by atoms with Crippen LogP contribution >= 0.6 is 11.3 Å². The Bertz CT molecular complexity index is 3150. The van der Waals surface area contributed by atoms with Crippen LogP contribution in [0.15, 0.2) is 167 Å². The van der Waals surface area contributed by atoms with Crippen LogP contribution in [0.25, 0.3) is 108 Å². The van der Waals surface area contributed by atoms with Gasteiger partial charge in [-0.25, -0.2) is 0 Å². The minimum atomic E-state index is 0.903. The van der Waals surface area contributed by atoms with Gasteiger partial charge in [-0.1, -0.05) is 121 Å². The van der Waals surface area contributed by atoms with E-state index in [2.05, 4.69) is 158 Å². The van der Waals surface area contributed by atoms with Crippen molar-refractivity contribution in [3.8, 4) is 44.9 Å². The maximum absolute atomic E-state index is 6.27. The lowest BCUT2D eigenvalue weighted by atomic mass is 9.86. The molecule has 0 amide bonds. The number of hydrogen-bond donors (Lipinski definition) is 0. The molecule has 2 nitrogen and oxygen atoms in total. The van der Waals surface area contributed by atoms with Crippen LogP contribution in [0.5, 0.6) is 0 Å². The molecule has 0 radical (unpaired) electrons. The second-order valence-electron chi connectivity index (χ2n) is 14.0. The topological polar surface area (TPSA) is 26.3 Å². The van der Waals surface area contributed by atoms with Crippen LogP contribution in [0.1, 0.15) is 11.5 Å². The van der Waals surface area contributed by atoms with E-state index in [0.717, 1.165) is 34.2 Å². The van der Waals surface area contributed by atoms with Gasteiger partial charge in [0.2, 0.25) is 0 Å². The summed E-state index contributed by atoms with van der Waals surface area (Å²) < 4.78 is 15.1. The van der Waals surface area contributed by atoms with Crippen LogP contribution in [-0.4, -0.2) is 0 Å². The molecule has 11 rings (SSSR count). The Hall–Kier alpha value is -6.42. The number of benzene rings is 8. The molecule has 0 N–H and O–H groups in total. The molecule has 11 aromatic rings. The maximum Gasteiger partial charge on any atom is 0.135 e. The van der Waals surface area contributed by atoms with Crippen molar-refractivity contribution in [3.63, 3.8) is 0 Å². The Labute approximate surface area is 310 Å². The number of rotatable bonds is 4. The van der Waals surface area contributed by atoms with E-state index in [4.69, 9.17) is 8.83 Å². The molecule has 0 aliphatic carbocycles. The smallest absolute Gasteiger partial charge is 0.135 e. The lowest BCUT2D eigenvalue weighted by Crippen LogP contribution is -1.90. The van der Waals surface area contributed by atoms with Crippen molar-refractivity contribution >= 4 is 74.6 Å². The van der Waals surface area contributed by atoms with Crippen LogP contribution in [0.3, 0.4) is 0 Å². The van der Waals surface area contributed by atoms with E-state index in [1.807, 2.05) is 25.2 Å². The van der Waals surface area contributed by atoms with Gasteiger partial charge in [0.25, 0.3) is 0 Å². The summed E-state index contributed by atoms with van der Waals surface area (Å²) in [6.07, 6.45) is 0. The van der Waals surface area contributed by atoms with E-state index in [1.165, 1.54) is 85.5 Å². The summed E-state index contributed by atoms with van der Waals surface area (Å²) in [5.41, 5.74) is 7.28. The normalized spacial score (nSPS) is 12.0. The largest absolute Gasteiger partial charge is 0.461 e. The van der Waals surface area contributed by atoms with E-state index in [9.17, 15) is 0 Å². The molecule has 53 heavy (non-hydrogen) atoms. The molecule has 0 bridgehead atoms. The maximum atomic E-state index is 6.27. The molecular weight excluding hydrogens is 665 g/mol. The van der Waals surface area contributed by atoms with Crippen LogP contribution < -0.4 is 0 Å². The monoisotopic (exact) mass is 696 g/mol. The molecule has 3 heteroatoms. The quantitative estimate of drug-likeness (QED) is 0.171. The zero-order valence-electron chi connectivity index (χ0n) is 29.2. The van der Waals surface area contributed by atoms with Gasteiger partial charge in [0.05, 0.1) is 0 Å². The number of thiophene rings is 1. The van der Waals surface area contributed by atoms with Crippen molar-refractivity contribution in [2.75, 3.05) is 0 Å². The Morgan fingerprint density at radius 1 is 0.358 bits per heavy atom. The lowest BCUT2D eigenvalue weighted by molar-refractivity contribution is 0.549. The van der Waals surface area contributed by atoms with E-state index < -0.39 is 0 Å². The van der Waals surface area contributed by atoms with E-state index >= 15 is 0 Å². The lowest BCUT2D eigenvalue weighted by Gasteiger charge is -2.17. The third-order valence-corrected chi connectivity index (χ3v) is 12.1. The van der Waals surface area contributed by atoms with Gasteiger partial charge in [-0.05, 0) is 110 Å². The second kappa shape index (κ2) is 11.5. The first-order valence-electron chi connectivity index (χ1n) is 18.1. The number of furan rings is 2. The number of hydrogen-bond acceptors (Lipinski definition) is 3. The van der Waals surface area contributed by atoms with Crippen LogP contribution in [0, 0.1) is 13.8 Å². The number of aryl methyl sites for hydroxylation is 2. The minimum absolute atomic E-state index is 0.903. The predicted octanol–water partition coefficient (Wildman–Crippen LogP) is 15.1. The molecule has 0 aliphatic rings. The van der Waals surface area contributed by atoms with Gasteiger partial charge in [0.1, 0.15) is 23.0 Å². The third-order valence-electron chi connectivity index (χ3n) is 10.9. The Morgan fingerprint density at radius 3 is 1.25 bits per heavy atom. The first-order chi connectivity index (χ1) is 26.1. The minimum Gasteiger partial charge on any atom is -0.461 e.